The molecule has 0 spiro atoms. The van der Waals surface area contributed by atoms with Crippen LogP contribution in [0, 0.1) is 5.92 Å². The molecule has 0 amide bonds. The second-order valence-electron chi connectivity index (χ2n) is 5.42. The maximum Gasteiger partial charge on any atom is 0.0329 e. The van der Waals surface area contributed by atoms with Crippen molar-refractivity contribution < 1.29 is 0 Å². The molecule has 0 radical (unpaired) electrons. The summed E-state index contributed by atoms with van der Waals surface area (Å²) < 4.78 is 0. The van der Waals surface area contributed by atoms with Gasteiger partial charge < -0.3 is 11.1 Å². The summed E-state index contributed by atoms with van der Waals surface area (Å²) in [6.45, 7) is 4.19. The molecular weight excluding hydrogens is 196 g/mol. The second-order valence-corrected chi connectivity index (χ2v) is 5.42. The zero-order valence-electron chi connectivity index (χ0n) is 10.6. The summed E-state index contributed by atoms with van der Waals surface area (Å²) in [4.78, 5) is 0. The normalized spacial score (nSPS) is 24.2. The van der Waals surface area contributed by atoms with E-state index in [2.05, 4.69) is 18.3 Å². The summed E-state index contributed by atoms with van der Waals surface area (Å²) in [6, 6.07) is 0. The predicted octanol–water partition coefficient (Wildman–Crippen LogP) is 2.59. The van der Waals surface area contributed by atoms with Gasteiger partial charge in [0.15, 0.2) is 0 Å². The molecule has 0 bridgehead atoms. The molecule has 2 heteroatoms. The van der Waals surface area contributed by atoms with E-state index in [0.29, 0.717) is 0 Å². The second kappa shape index (κ2) is 5.33. The Labute approximate surface area is 99.7 Å². The maximum atomic E-state index is 5.98. The summed E-state index contributed by atoms with van der Waals surface area (Å²) in [6.07, 6.45) is 11.6. The monoisotopic (exact) mass is 222 g/mol. The highest BCUT2D eigenvalue weighted by Gasteiger charge is 2.42. The molecular formula is C14H26N2. The van der Waals surface area contributed by atoms with Crippen molar-refractivity contribution in [1.82, 2.24) is 5.32 Å². The molecule has 1 fully saturated rings. The molecule has 0 aromatic carbocycles. The minimum Gasteiger partial charge on any atom is -0.329 e. The summed E-state index contributed by atoms with van der Waals surface area (Å²) in [5.41, 5.74) is 7.88. The zero-order chi connectivity index (χ0) is 11.4. The summed E-state index contributed by atoms with van der Waals surface area (Å²) in [5, 5.41) is 3.76. The largest absolute Gasteiger partial charge is 0.329 e. The van der Waals surface area contributed by atoms with Crippen molar-refractivity contribution in [2.45, 2.75) is 57.4 Å². The fourth-order valence-corrected chi connectivity index (χ4v) is 3.01. The number of rotatable bonds is 7. The van der Waals surface area contributed by atoms with E-state index >= 15 is 0 Å². The van der Waals surface area contributed by atoms with Gasteiger partial charge in [-0.1, -0.05) is 18.6 Å². The van der Waals surface area contributed by atoms with Crippen molar-refractivity contribution in [2.75, 3.05) is 13.1 Å². The maximum absolute atomic E-state index is 5.98. The topological polar surface area (TPSA) is 38.0 Å². The van der Waals surface area contributed by atoms with Gasteiger partial charge >= 0.3 is 0 Å². The molecule has 2 aliphatic carbocycles. The van der Waals surface area contributed by atoms with Crippen LogP contribution in [0.4, 0.5) is 0 Å². The Morgan fingerprint density at radius 3 is 2.81 bits per heavy atom. The quantitative estimate of drug-likeness (QED) is 0.650. The number of hydrogen-bond donors (Lipinski definition) is 2. The smallest absolute Gasteiger partial charge is 0.0329 e. The van der Waals surface area contributed by atoms with Gasteiger partial charge in [-0.3, -0.25) is 0 Å². The highest BCUT2D eigenvalue weighted by atomic mass is 15.0. The lowest BCUT2D eigenvalue weighted by atomic mass is 9.90. The first-order valence-electron chi connectivity index (χ1n) is 6.94. The van der Waals surface area contributed by atoms with E-state index in [1.807, 2.05) is 0 Å². The van der Waals surface area contributed by atoms with Crippen LogP contribution in [0.25, 0.3) is 0 Å². The first-order valence-corrected chi connectivity index (χ1v) is 6.94. The van der Waals surface area contributed by atoms with E-state index in [0.717, 1.165) is 19.0 Å². The van der Waals surface area contributed by atoms with Crippen LogP contribution in [-0.4, -0.2) is 18.6 Å². The molecule has 92 valence electrons. The highest BCUT2D eigenvalue weighted by Crippen LogP contribution is 2.41. The first kappa shape index (κ1) is 12.1. The van der Waals surface area contributed by atoms with E-state index in [1.54, 1.807) is 5.57 Å². The molecule has 2 rings (SSSR count). The van der Waals surface area contributed by atoms with Crippen LogP contribution in [0.15, 0.2) is 11.6 Å². The Kier molecular flexibility index (Phi) is 4.04. The van der Waals surface area contributed by atoms with Gasteiger partial charge in [0, 0.05) is 12.1 Å². The summed E-state index contributed by atoms with van der Waals surface area (Å²) in [7, 11) is 0. The van der Waals surface area contributed by atoms with E-state index in [4.69, 9.17) is 5.73 Å². The van der Waals surface area contributed by atoms with Crippen LogP contribution in [0.3, 0.4) is 0 Å². The molecule has 1 unspecified atom stereocenters. The molecule has 0 aliphatic heterocycles. The summed E-state index contributed by atoms with van der Waals surface area (Å²) >= 11 is 0. The van der Waals surface area contributed by atoms with Gasteiger partial charge in [-0.05, 0) is 57.4 Å². The minimum atomic E-state index is 0.249. The molecule has 16 heavy (non-hydrogen) atoms. The lowest BCUT2D eigenvalue weighted by molar-refractivity contribution is 0.281. The van der Waals surface area contributed by atoms with Gasteiger partial charge in [-0.2, -0.15) is 0 Å². The molecule has 0 heterocycles. The SMILES string of the molecule is CCC(CN)(NCCC1=CCCC1)C1CC1. The zero-order valence-corrected chi connectivity index (χ0v) is 10.6. The molecule has 0 aromatic rings. The molecule has 1 atom stereocenters. The van der Waals surface area contributed by atoms with Crippen molar-refractivity contribution in [3.63, 3.8) is 0 Å². The van der Waals surface area contributed by atoms with E-state index in [9.17, 15) is 0 Å². The third-order valence-electron chi connectivity index (χ3n) is 4.41. The fraction of sp³-hybridized carbons (Fsp3) is 0.857. The van der Waals surface area contributed by atoms with Crippen molar-refractivity contribution in [3.8, 4) is 0 Å². The Balaban J connectivity index is 1.77. The van der Waals surface area contributed by atoms with Crippen molar-refractivity contribution >= 4 is 0 Å². The molecule has 0 saturated heterocycles. The highest BCUT2D eigenvalue weighted by molar-refractivity contribution is 5.08. The number of hydrogen-bond acceptors (Lipinski definition) is 2. The van der Waals surface area contributed by atoms with Gasteiger partial charge in [-0.25, -0.2) is 0 Å². The van der Waals surface area contributed by atoms with Gasteiger partial charge in [0.05, 0.1) is 0 Å². The molecule has 3 N–H and O–H groups in total. The Bertz CT molecular complexity index is 249. The number of allylic oxidation sites excluding steroid dienone is 1. The van der Waals surface area contributed by atoms with Gasteiger partial charge in [0.2, 0.25) is 0 Å². The van der Waals surface area contributed by atoms with Crippen LogP contribution in [0.1, 0.15) is 51.9 Å². The Hall–Kier alpha value is -0.340. The van der Waals surface area contributed by atoms with Gasteiger partial charge in [0.1, 0.15) is 0 Å². The van der Waals surface area contributed by atoms with E-state index < -0.39 is 0 Å². The third kappa shape index (κ3) is 2.67. The summed E-state index contributed by atoms with van der Waals surface area (Å²) in [5.74, 6) is 0.847. The minimum absolute atomic E-state index is 0.249. The number of nitrogens with one attached hydrogen (secondary N) is 1. The Morgan fingerprint density at radius 1 is 1.50 bits per heavy atom. The molecule has 1 saturated carbocycles. The van der Waals surface area contributed by atoms with Crippen molar-refractivity contribution in [3.05, 3.63) is 11.6 Å². The molecule has 2 aliphatic rings. The fourth-order valence-electron chi connectivity index (χ4n) is 3.01. The lowest BCUT2D eigenvalue weighted by Gasteiger charge is -2.33. The average molecular weight is 222 g/mol. The van der Waals surface area contributed by atoms with Crippen LogP contribution in [0.5, 0.6) is 0 Å². The van der Waals surface area contributed by atoms with Crippen LogP contribution in [-0.2, 0) is 0 Å². The lowest BCUT2D eigenvalue weighted by Crippen LogP contribution is -2.53. The number of nitrogens with two attached hydrogens (primary N) is 1. The first-order chi connectivity index (χ1) is 7.80. The van der Waals surface area contributed by atoms with E-state index in [1.165, 1.54) is 44.9 Å². The van der Waals surface area contributed by atoms with Crippen molar-refractivity contribution in [1.29, 1.82) is 0 Å². The average Bonchev–Trinajstić information content (AvgIpc) is 3.04. The molecule has 2 nitrogen and oxygen atoms in total. The van der Waals surface area contributed by atoms with Gasteiger partial charge in [-0.15, -0.1) is 0 Å². The van der Waals surface area contributed by atoms with Gasteiger partial charge in [0.25, 0.3) is 0 Å². The van der Waals surface area contributed by atoms with Crippen LogP contribution >= 0.6 is 0 Å². The van der Waals surface area contributed by atoms with Crippen molar-refractivity contribution in [2.24, 2.45) is 11.7 Å². The Morgan fingerprint density at radius 2 is 2.31 bits per heavy atom. The molecule has 0 aromatic heterocycles. The van der Waals surface area contributed by atoms with Crippen LogP contribution in [0.2, 0.25) is 0 Å². The predicted molar refractivity (Wildman–Crippen MR) is 69.4 cm³/mol. The van der Waals surface area contributed by atoms with Crippen LogP contribution < -0.4 is 11.1 Å². The standard InChI is InChI=1S/C14H26N2/c1-2-14(11-15,13-7-8-13)16-10-9-12-5-3-4-6-12/h5,13,16H,2-4,6-11,15H2,1H3. The van der Waals surface area contributed by atoms with E-state index in [-0.39, 0.29) is 5.54 Å². The third-order valence-corrected chi connectivity index (χ3v) is 4.41.